The largest absolute Gasteiger partial charge is 0.404 e. The lowest BCUT2D eigenvalue weighted by Crippen LogP contribution is -2.44. The second-order valence-corrected chi connectivity index (χ2v) is 8.43. The van der Waals surface area contributed by atoms with E-state index in [0.717, 1.165) is 29.9 Å². The number of carbonyl (C=O) groups is 1. The molecule has 0 unspecified atom stereocenters. The zero-order valence-electron chi connectivity index (χ0n) is 15.2. The first-order chi connectivity index (χ1) is 13.2. The molecule has 0 fully saturated rings. The molecule has 0 saturated heterocycles. The molecular weight excluding hydrogens is 445 g/mol. The average Bonchev–Trinajstić information content (AvgIpc) is 2.91. The first kappa shape index (κ1) is 23.1. The molecule has 0 saturated carbocycles. The third-order valence-corrected chi connectivity index (χ3v) is 6.59. The van der Waals surface area contributed by atoms with Gasteiger partial charge in [-0.15, -0.1) is 0 Å². The number of hydrogen-bond donors (Lipinski definition) is 1. The Morgan fingerprint density at radius 3 is 2.34 bits per heavy atom. The number of anilines is 1. The van der Waals surface area contributed by atoms with Gasteiger partial charge >= 0.3 is 6.18 Å². The van der Waals surface area contributed by atoms with Crippen LogP contribution in [0.1, 0.15) is 17.4 Å². The molecule has 0 aliphatic rings. The average molecular weight is 460 g/mol. The van der Waals surface area contributed by atoms with Crippen molar-refractivity contribution in [3.05, 3.63) is 46.7 Å². The van der Waals surface area contributed by atoms with Gasteiger partial charge in [0.15, 0.2) is 11.6 Å². The predicted octanol–water partition coefficient (Wildman–Crippen LogP) is 3.78. The van der Waals surface area contributed by atoms with Crippen LogP contribution in [-0.4, -0.2) is 42.5 Å². The number of benzene rings is 1. The Labute approximate surface area is 167 Å². The van der Waals surface area contributed by atoms with E-state index in [9.17, 15) is 35.2 Å². The molecule has 0 spiro atoms. The molecule has 1 atom stereocenters. The van der Waals surface area contributed by atoms with Gasteiger partial charge in [0, 0.05) is 32.0 Å². The van der Waals surface area contributed by atoms with Crippen LogP contribution in [0.25, 0.3) is 0 Å². The monoisotopic (exact) mass is 459 g/mol. The quantitative estimate of drug-likeness (QED) is 0.692. The molecule has 2 rings (SSSR count). The van der Waals surface area contributed by atoms with Crippen molar-refractivity contribution in [1.29, 1.82) is 0 Å². The lowest BCUT2D eigenvalue weighted by atomic mass is 10.3. The first-order valence-corrected chi connectivity index (χ1v) is 9.65. The number of alkyl halides is 3. The van der Waals surface area contributed by atoms with Gasteiger partial charge in [-0.3, -0.25) is 4.79 Å². The van der Waals surface area contributed by atoms with Crippen LogP contribution >= 0.6 is 11.6 Å². The van der Waals surface area contributed by atoms with Gasteiger partial charge < -0.3 is 9.88 Å². The van der Waals surface area contributed by atoms with Gasteiger partial charge in [0.25, 0.3) is 5.91 Å². The minimum Gasteiger partial charge on any atom is -0.344 e. The number of nitrogens with zero attached hydrogens (tertiary/aromatic N) is 2. The maximum Gasteiger partial charge on any atom is 0.404 e. The molecular formula is C16H15ClF5N3O3S. The van der Waals surface area contributed by atoms with E-state index in [-0.39, 0.29) is 9.99 Å². The van der Waals surface area contributed by atoms with Crippen LogP contribution in [0.15, 0.2) is 29.3 Å². The molecule has 6 nitrogen and oxygen atoms in total. The van der Waals surface area contributed by atoms with Gasteiger partial charge in [-0.1, -0.05) is 11.6 Å². The van der Waals surface area contributed by atoms with E-state index in [2.05, 4.69) is 5.32 Å². The maximum atomic E-state index is 13.3. The smallest absolute Gasteiger partial charge is 0.344 e. The summed E-state index contributed by atoms with van der Waals surface area (Å²) in [5, 5.41) is 1.59. The number of rotatable bonds is 5. The molecule has 1 N–H and O–H groups in total. The number of halogens is 6. The first-order valence-electron chi connectivity index (χ1n) is 7.84. The van der Waals surface area contributed by atoms with Gasteiger partial charge in [-0.2, -0.15) is 17.5 Å². The molecule has 0 bridgehead atoms. The highest BCUT2D eigenvalue weighted by Crippen LogP contribution is 2.33. The zero-order chi connectivity index (χ0) is 22.3. The summed E-state index contributed by atoms with van der Waals surface area (Å²) in [6.07, 6.45) is -3.94. The van der Waals surface area contributed by atoms with Crippen molar-refractivity contribution >= 4 is 33.2 Å². The highest BCUT2D eigenvalue weighted by atomic mass is 35.5. The second-order valence-electron chi connectivity index (χ2n) is 6.09. The fourth-order valence-electron chi connectivity index (χ4n) is 2.34. The lowest BCUT2D eigenvalue weighted by Gasteiger charge is -2.25. The van der Waals surface area contributed by atoms with Crippen LogP contribution in [0.3, 0.4) is 0 Å². The topological polar surface area (TPSA) is 71.4 Å². The van der Waals surface area contributed by atoms with Crippen molar-refractivity contribution in [1.82, 2.24) is 8.87 Å². The third-order valence-electron chi connectivity index (χ3n) is 4.16. The Morgan fingerprint density at radius 2 is 1.83 bits per heavy atom. The molecule has 1 amide bonds. The fourth-order valence-corrected chi connectivity index (χ4v) is 4.36. The van der Waals surface area contributed by atoms with E-state index >= 15 is 0 Å². The number of hydrogen-bond acceptors (Lipinski definition) is 3. The Balaban J connectivity index is 2.41. The van der Waals surface area contributed by atoms with E-state index in [1.807, 2.05) is 0 Å². The van der Waals surface area contributed by atoms with Gasteiger partial charge in [0.1, 0.15) is 16.6 Å². The summed E-state index contributed by atoms with van der Waals surface area (Å²) in [7, 11) is -2.72. The van der Waals surface area contributed by atoms with Crippen molar-refractivity contribution < 1.29 is 35.2 Å². The zero-order valence-corrected chi connectivity index (χ0v) is 16.8. The van der Waals surface area contributed by atoms with Crippen LogP contribution in [0.5, 0.6) is 0 Å². The molecule has 0 aliphatic heterocycles. The Morgan fingerprint density at radius 1 is 1.24 bits per heavy atom. The van der Waals surface area contributed by atoms with Crippen molar-refractivity contribution in [2.24, 2.45) is 7.05 Å². The summed E-state index contributed by atoms with van der Waals surface area (Å²) in [6.45, 7) is 0.658. The summed E-state index contributed by atoms with van der Waals surface area (Å²) in [5.41, 5.74) is -0.540. The summed E-state index contributed by atoms with van der Waals surface area (Å²) < 4.78 is 91.2. The Kier molecular flexibility index (Phi) is 6.31. The Bertz CT molecular complexity index is 1050. The highest BCUT2D eigenvalue weighted by molar-refractivity contribution is 7.89. The van der Waals surface area contributed by atoms with Crippen molar-refractivity contribution in [3.8, 4) is 0 Å². The molecule has 13 heteroatoms. The Hall–Kier alpha value is -2.18. The number of carbonyl (C=O) groups excluding carboxylic acids is 1. The lowest BCUT2D eigenvalue weighted by molar-refractivity contribution is -0.164. The standard InChI is InChI=1S/C16H15ClF5N3O3S/c1-8(16(20,21)22)25(3)29(27,28)12-7-24(2)14(13(12)17)15(26)23-9-4-5-10(18)11(19)6-9/h4-8H,1-3H3,(H,23,26)/t8-/m1/s1. The minimum absolute atomic E-state index is 0.0885. The molecule has 0 radical (unpaired) electrons. The number of sulfonamides is 1. The highest BCUT2D eigenvalue weighted by Gasteiger charge is 2.44. The molecule has 0 aliphatic carbocycles. The fraction of sp³-hybridized carbons (Fsp3) is 0.312. The molecule has 160 valence electrons. The summed E-state index contributed by atoms with van der Waals surface area (Å²) >= 11 is 5.99. The third kappa shape index (κ3) is 4.54. The van der Waals surface area contributed by atoms with E-state index < -0.39 is 55.4 Å². The number of aryl methyl sites for hydroxylation is 1. The van der Waals surface area contributed by atoms with Crippen LogP contribution in [0.2, 0.25) is 5.02 Å². The van der Waals surface area contributed by atoms with E-state index in [1.165, 1.54) is 7.05 Å². The van der Waals surface area contributed by atoms with Crippen LogP contribution in [0, 0.1) is 11.6 Å². The van der Waals surface area contributed by atoms with Crippen LogP contribution in [-0.2, 0) is 17.1 Å². The SMILES string of the molecule is C[C@@H](N(C)S(=O)(=O)c1cn(C)c(C(=O)Nc2ccc(F)c(F)c2)c1Cl)C(F)(F)F. The molecule has 1 aromatic heterocycles. The molecule has 29 heavy (non-hydrogen) atoms. The molecule has 1 heterocycles. The van der Waals surface area contributed by atoms with Crippen molar-refractivity contribution in [2.75, 3.05) is 12.4 Å². The summed E-state index contributed by atoms with van der Waals surface area (Å²) in [6, 6.07) is 0.175. The van der Waals surface area contributed by atoms with Gasteiger partial charge in [-0.05, 0) is 19.1 Å². The van der Waals surface area contributed by atoms with E-state index in [1.54, 1.807) is 0 Å². The normalized spacial score (nSPS) is 13.6. The maximum absolute atomic E-state index is 13.3. The number of amides is 1. The minimum atomic E-state index is -4.82. The summed E-state index contributed by atoms with van der Waals surface area (Å²) in [5.74, 6) is -3.35. The molecule has 1 aromatic carbocycles. The predicted molar refractivity (Wildman–Crippen MR) is 95.2 cm³/mol. The van der Waals surface area contributed by atoms with Crippen molar-refractivity contribution in [3.63, 3.8) is 0 Å². The van der Waals surface area contributed by atoms with E-state index in [0.29, 0.717) is 13.0 Å². The van der Waals surface area contributed by atoms with E-state index in [4.69, 9.17) is 11.6 Å². The second kappa shape index (κ2) is 7.92. The van der Waals surface area contributed by atoms with Crippen LogP contribution < -0.4 is 5.32 Å². The van der Waals surface area contributed by atoms with Crippen molar-refractivity contribution in [2.45, 2.75) is 24.0 Å². The van der Waals surface area contributed by atoms with Gasteiger partial charge in [-0.25, -0.2) is 17.2 Å². The van der Waals surface area contributed by atoms with Gasteiger partial charge in [0.05, 0.1) is 5.02 Å². The van der Waals surface area contributed by atoms with Gasteiger partial charge in [0.2, 0.25) is 10.0 Å². The summed E-state index contributed by atoms with van der Waals surface area (Å²) in [4.78, 5) is 11.7. The number of nitrogens with one attached hydrogen (secondary N) is 1. The molecule has 2 aromatic rings. The van der Waals surface area contributed by atoms with Crippen LogP contribution in [0.4, 0.5) is 27.6 Å². The number of aromatic nitrogens is 1.